The number of ether oxygens (including phenoxy) is 1. The van der Waals surface area contributed by atoms with Gasteiger partial charge in [0.1, 0.15) is 11.0 Å². The monoisotopic (exact) mass is 497 g/mol. The van der Waals surface area contributed by atoms with E-state index in [1.807, 2.05) is 6.07 Å². The number of carbonyl (C=O) groups excluding carboxylic acids is 1. The van der Waals surface area contributed by atoms with Crippen molar-refractivity contribution >= 4 is 15.9 Å². The van der Waals surface area contributed by atoms with E-state index in [4.69, 9.17) is 5.73 Å². The Balaban J connectivity index is 1.83. The highest BCUT2D eigenvalue weighted by atomic mass is 32.2. The highest BCUT2D eigenvalue weighted by molar-refractivity contribution is 7.89. The van der Waals surface area contributed by atoms with E-state index in [0.29, 0.717) is 48.4 Å². The Morgan fingerprint density at radius 1 is 1.18 bits per heavy atom. The summed E-state index contributed by atoms with van der Waals surface area (Å²) in [4.78, 5) is 12.6. The van der Waals surface area contributed by atoms with E-state index >= 15 is 0 Å². The molecule has 11 heteroatoms. The normalized spacial score (nSPS) is 23.5. The molecule has 1 aliphatic carbocycles. The number of fused-ring (bicyclic) bond motifs is 1. The molecule has 2 aromatic carbocycles. The highest BCUT2D eigenvalue weighted by Crippen LogP contribution is 2.53. The average Bonchev–Trinajstić information content (AvgIpc) is 3.07. The molecule has 1 amide bonds. The van der Waals surface area contributed by atoms with E-state index in [1.165, 1.54) is 28.6 Å². The van der Waals surface area contributed by atoms with Gasteiger partial charge in [-0.2, -0.15) is 4.31 Å². The van der Waals surface area contributed by atoms with E-state index < -0.39 is 33.0 Å². The first-order valence-electron chi connectivity index (χ1n) is 10.8. The van der Waals surface area contributed by atoms with Crippen LogP contribution >= 0.6 is 0 Å². The average molecular weight is 498 g/mol. The Kier molecular flexibility index (Phi) is 6.16. The van der Waals surface area contributed by atoms with Gasteiger partial charge in [-0.15, -0.1) is 13.2 Å². The number of sulfonamides is 1. The van der Waals surface area contributed by atoms with E-state index in [0.717, 1.165) is 5.56 Å². The molecular weight excluding hydrogens is 471 g/mol. The number of nitrogens with zero attached hydrogens (tertiary/aromatic N) is 1. The summed E-state index contributed by atoms with van der Waals surface area (Å²) in [6.45, 7) is 4.98. The number of hydrogen-bond acceptors (Lipinski definition) is 5. The van der Waals surface area contributed by atoms with Crippen molar-refractivity contribution in [3.05, 3.63) is 53.1 Å². The molecule has 1 saturated heterocycles. The van der Waals surface area contributed by atoms with Crippen molar-refractivity contribution in [3.8, 4) is 16.9 Å². The van der Waals surface area contributed by atoms with Crippen LogP contribution in [-0.2, 0) is 21.2 Å². The van der Waals surface area contributed by atoms with Gasteiger partial charge in [0.05, 0.1) is 5.41 Å². The Labute approximate surface area is 196 Å². The number of nitrogens with two attached hydrogens (primary N) is 1. The minimum absolute atomic E-state index is 0.101. The zero-order valence-electron chi connectivity index (χ0n) is 18.8. The molecule has 1 heterocycles. The fourth-order valence-corrected chi connectivity index (χ4v) is 7.30. The minimum Gasteiger partial charge on any atom is -0.406 e. The number of hydrogen-bond donors (Lipinski definition) is 2. The molecule has 0 radical (unpaired) electrons. The number of primary amides is 1. The maximum absolute atomic E-state index is 13.8. The Hall–Kier alpha value is -2.63. The second-order valence-electron chi connectivity index (χ2n) is 8.98. The summed E-state index contributed by atoms with van der Waals surface area (Å²) in [7, 11) is -3.92. The summed E-state index contributed by atoms with van der Waals surface area (Å²) in [5.41, 5.74) is 7.55. The molecule has 3 N–H and O–H groups in total. The first-order valence-corrected chi connectivity index (χ1v) is 12.3. The van der Waals surface area contributed by atoms with Gasteiger partial charge in [-0.1, -0.05) is 29.8 Å². The van der Waals surface area contributed by atoms with Crippen LogP contribution < -0.4 is 15.8 Å². The van der Waals surface area contributed by atoms with Crippen molar-refractivity contribution in [2.24, 2.45) is 11.1 Å². The SMILES string of the molecule is Cc1cc(-c2ccc(OC(F)(F)F)cc2)c2c(c1)C(S(=O)(=O)N1CCNCC1)C(C)(C(N)=O)C2. The van der Waals surface area contributed by atoms with Gasteiger partial charge in [-0.05, 0) is 54.7 Å². The molecule has 34 heavy (non-hydrogen) atoms. The van der Waals surface area contributed by atoms with Crippen LogP contribution in [0.3, 0.4) is 0 Å². The molecule has 0 bridgehead atoms. The lowest BCUT2D eigenvalue weighted by Gasteiger charge is -2.35. The summed E-state index contributed by atoms with van der Waals surface area (Å²) < 4.78 is 70.5. The zero-order valence-corrected chi connectivity index (χ0v) is 19.6. The third kappa shape index (κ3) is 4.39. The topological polar surface area (TPSA) is 102 Å². The minimum atomic E-state index is -4.80. The molecule has 7 nitrogen and oxygen atoms in total. The third-order valence-corrected chi connectivity index (χ3v) is 8.98. The molecule has 4 rings (SSSR count). The molecule has 0 aromatic heterocycles. The van der Waals surface area contributed by atoms with Crippen LogP contribution in [-0.4, -0.2) is 51.2 Å². The second kappa shape index (κ2) is 8.54. The largest absolute Gasteiger partial charge is 0.573 e. The Bertz CT molecular complexity index is 1210. The number of piperazine rings is 1. The van der Waals surface area contributed by atoms with Crippen molar-refractivity contribution in [3.63, 3.8) is 0 Å². The van der Waals surface area contributed by atoms with Gasteiger partial charge in [-0.25, -0.2) is 8.42 Å². The van der Waals surface area contributed by atoms with Crippen LogP contribution in [0.5, 0.6) is 5.75 Å². The van der Waals surface area contributed by atoms with E-state index in [9.17, 15) is 26.4 Å². The van der Waals surface area contributed by atoms with Crippen LogP contribution in [0.1, 0.15) is 28.9 Å². The molecule has 1 fully saturated rings. The Morgan fingerprint density at radius 2 is 1.79 bits per heavy atom. The fourth-order valence-electron chi connectivity index (χ4n) is 4.93. The number of rotatable bonds is 5. The van der Waals surface area contributed by atoms with E-state index in [1.54, 1.807) is 19.9 Å². The summed E-state index contributed by atoms with van der Waals surface area (Å²) in [5, 5.41) is 1.96. The first kappa shape index (κ1) is 24.5. The van der Waals surface area contributed by atoms with Crippen LogP contribution in [0.4, 0.5) is 13.2 Å². The Morgan fingerprint density at radius 3 is 2.35 bits per heavy atom. The quantitative estimate of drug-likeness (QED) is 0.662. The van der Waals surface area contributed by atoms with Crippen molar-refractivity contribution in [1.29, 1.82) is 0 Å². The molecule has 0 spiro atoms. The van der Waals surface area contributed by atoms with Crippen LogP contribution in [0.15, 0.2) is 36.4 Å². The summed E-state index contributed by atoms with van der Waals surface area (Å²) in [5.74, 6) is -1.08. The third-order valence-electron chi connectivity index (χ3n) is 6.53. The summed E-state index contributed by atoms with van der Waals surface area (Å²) in [6.07, 6.45) is -4.70. The van der Waals surface area contributed by atoms with Crippen molar-refractivity contribution in [2.75, 3.05) is 26.2 Å². The molecule has 2 aliphatic rings. The second-order valence-corrected chi connectivity index (χ2v) is 11.0. The summed E-state index contributed by atoms with van der Waals surface area (Å²) in [6, 6.07) is 8.97. The standard InChI is InChI=1S/C23H26F3N3O4S/c1-14-11-17(15-3-5-16(6-4-15)33-23(24,25)26)19-13-22(2,21(27)30)20(18(19)12-14)34(31,32)29-9-7-28-8-10-29/h3-6,11-12,20,28H,7-10,13H2,1-2H3,(H2,27,30). The van der Waals surface area contributed by atoms with Crippen LogP contribution in [0.25, 0.3) is 11.1 Å². The van der Waals surface area contributed by atoms with E-state index in [2.05, 4.69) is 10.1 Å². The van der Waals surface area contributed by atoms with Crippen molar-refractivity contribution in [2.45, 2.75) is 31.9 Å². The number of amides is 1. The van der Waals surface area contributed by atoms with Crippen LogP contribution in [0.2, 0.25) is 0 Å². The predicted octanol–water partition coefficient (Wildman–Crippen LogP) is 2.88. The zero-order chi connectivity index (χ0) is 24.9. The number of alkyl halides is 3. The maximum atomic E-state index is 13.8. The number of aryl methyl sites for hydroxylation is 1. The maximum Gasteiger partial charge on any atom is 0.573 e. The number of nitrogens with one attached hydrogen (secondary N) is 1. The van der Waals surface area contributed by atoms with Gasteiger partial charge in [0.25, 0.3) is 0 Å². The molecule has 2 aromatic rings. The van der Waals surface area contributed by atoms with Gasteiger partial charge >= 0.3 is 6.36 Å². The molecule has 184 valence electrons. The van der Waals surface area contributed by atoms with Crippen LogP contribution in [0, 0.1) is 12.3 Å². The van der Waals surface area contributed by atoms with Gasteiger partial charge in [0, 0.05) is 26.2 Å². The first-order chi connectivity index (χ1) is 15.8. The lowest BCUT2D eigenvalue weighted by atomic mass is 9.85. The van der Waals surface area contributed by atoms with Gasteiger partial charge in [0.15, 0.2) is 0 Å². The number of halogens is 3. The molecule has 2 unspecified atom stereocenters. The van der Waals surface area contributed by atoms with E-state index in [-0.39, 0.29) is 12.2 Å². The predicted molar refractivity (Wildman–Crippen MR) is 120 cm³/mol. The molecule has 0 saturated carbocycles. The molecular formula is C23H26F3N3O4S. The van der Waals surface area contributed by atoms with Gasteiger partial charge in [-0.3, -0.25) is 4.79 Å². The number of benzene rings is 2. The van der Waals surface area contributed by atoms with Gasteiger partial charge in [0.2, 0.25) is 15.9 Å². The fraction of sp³-hybridized carbons (Fsp3) is 0.435. The van der Waals surface area contributed by atoms with Crippen molar-refractivity contribution < 1.29 is 31.1 Å². The number of carbonyl (C=O) groups is 1. The lowest BCUT2D eigenvalue weighted by molar-refractivity contribution is -0.274. The van der Waals surface area contributed by atoms with Crippen molar-refractivity contribution in [1.82, 2.24) is 9.62 Å². The summed E-state index contributed by atoms with van der Waals surface area (Å²) >= 11 is 0. The lowest BCUT2D eigenvalue weighted by Crippen LogP contribution is -2.51. The highest BCUT2D eigenvalue weighted by Gasteiger charge is 2.55. The smallest absolute Gasteiger partial charge is 0.406 e. The molecule has 2 atom stereocenters. The molecule has 1 aliphatic heterocycles. The van der Waals surface area contributed by atoms with Gasteiger partial charge < -0.3 is 15.8 Å².